The maximum Gasteiger partial charge on any atom is 0.325 e. The van der Waals surface area contributed by atoms with Gasteiger partial charge in [-0.3, -0.25) is 14.5 Å². The molecule has 0 atom stereocenters. The number of rotatable bonds is 4. The van der Waals surface area contributed by atoms with E-state index in [1.807, 2.05) is 0 Å². The molecule has 0 aromatic heterocycles. The molecule has 1 aromatic carbocycles. The van der Waals surface area contributed by atoms with Crippen molar-refractivity contribution in [3.05, 3.63) is 29.6 Å². The summed E-state index contributed by atoms with van der Waals surface area (Å²) in [6, 6.07) is 0.562. The molecule has 2 saturated heterocycles. The molecule has 0 radical (unpaired) electrons. The SMILES string of the molecule is O=C(CN1C(=O)NC2(CCCCC2)C1=O)N1CCN(S(=O)(=O)c2ccc(F)c(F)c2F)CC1. The third-order valence-corrected chi connectivity index (χ3v) is 8.37. The summed E-state index contributed by atoms with van der Waals surface area (Å²) in [6.45, 7) is -1.03. The van der Waals surface area contributed by atoms with Gasteiger partial charge in [0.2, 0.25) is 15.9 Å². The molecule has 1 aliphatic carbocycles. The Labute approximate surface area is 188 Å². The molecule has 13 heteroatoms. The van der Waals surface area contributed by atoms with Crippen LogP contribution in [0, 0.1) is 17.5 Å². The number of nitrogens with zero attached hydrogens (tertiary/aromatic N) is 3. The number of piperazine rings is 1. The van der Waals surface area contributed by atoms with E-state index >= 15 is 0 Å². The number of halogens is 3. The number of carbonyl (C=O) groups is 3. The molecular formula is C20H23F3N4O5S. The second-order valence-electron chi connectivity index (χ2n) is 8.42. The van der Waals surface area contributed by atoms with Gasteiger partial charge in [-0.15, -0.1) is 0 Å². The van der Waals surface area contributed by atoms with Crippen molar-refractivity contribution >= 4 is 27.9 Å². The number of amides is 4. The summed E-state index contributed by atoms with van der Waals surface area (Å²) >= 11 is 0. The van der Waals surface area contributed by atoms with Gasteiger partial charge in [0.15, 0.2) is 17.5 Å². The first-order chi connectivity index (χ1) is 15.6. The van der Waals surface area contributed by atoms with Crippen LogP contribution in [0.1, 0.15) is 32.1 Å². The summed E-state index contributed by atoms with van der Waals surface area (Å²) in [5, 5.41) is 2.72. The van der Waals surface area contributed by atoms with Gasteiger partial charge in [-0.05, 0) is 25.0 Å². The quantitative estimate of drug-likeness (QED) is 0.506. The molecule has 0 unspecified atom stereocenters. The molecule has 1 aromatic rings. The minimum atomic E-state index is -4.45. The maximum absolute atomic E-state index is 14.0. The fourth-order valence-electron chi connectivity index (χ4n) is 4.57. The highest BCUT2D eigenvalue weighted by atomic mass is 32.2. The van der Waals surface area contributed by atoms with Gasteiger partial charge in [0, 0.05) is 26.2 Å². The van der Waals surface area contributed by atoms with Crippen LogP contribution in [0.2, 0.25) is 0 Å². The monoisotopic (exact) mass is 488 g/mol. The van der Waals surface area contributed by atoms with Crippen LogP contribution in [-0.4, -0.2) is 78.6 Å². The molecule has 4 amide bonds. The smallest absolute Gasteiger partial charge is 0.325 e. The zero-order valence-corrected chi connectivity index (χ0v) is 18.5. The highest BCUT2D eigenvalue weighted by Gasteiger charge is 2.52. The van der Waals surface area contributed by atoms with Crippen molar-refractivity contribution in [3.63, 3.8) is 0 Å². The zero-order valence-electron chi connectivity index (χ0n) is 17.7. The molecule has 9 nitrogen and oxygen atoms in total. The average molecular weight is 488 g/mol. The second-order valence-corrected chi connectivity index (χ2v) is 10.3. The Morgan fingerprint density at radius 2 is 1.61 bits per heavy atom. The first-order valence-corrected chi connectivity index (χ1v) is 12.1. The van der Waals surface area contributed by atoms with Crippen LogP contribution < -0.4 is 5.32 Å². The molecule has 3 aliphatic rings. The first kappa shape index (κ1) is 23.5. The Hall–Kier alpha value is -2.67. The number of sulfonamides is 1. The molecule has 2 heterocycles. The van der Waals surface area contributed by atoms with Crippen LogP contribution in [0.25, 0.3) is 0 Å². The summed E-state index contributed by atoms with van der Waals surface area (Å²) in [5.74, 6) is -6.13. The lowest BCUT2D eigenvalue weighted by Crippen LogP contribution is -2.53. The lowest BCUT2D eigenvalue weighted by Gasteiger charge is -2.34. The standard InChI is InChI=1S/C20H23F3N4O5S/c21-13-4-5-14(17(23)16(13)22)33(31,32)26-10-8-25(9-11-26)15(28)12-27-18(29)20(24-19(27)30)6-2-1-3-7-20/h4-5H,1-3,6-12H2,(H,24,30). The Kier molecular flexibility index (Phi) is 6.12. The predicted molar refractivity (Wildman–Crippen MR) is 108 cm³/mol. The number of hydrogen-bond donors (Lipinski definition) is 1. The van der Waals surface area contributed by atoms with Gasteiger partial charge in [0.25, 0.3) is 5.91 Å². The van der Waals surface area contributed by atoms with E-state index < -0.39 is 62.3 Å². The van der Waals surface area contributed by atoms with Gasteiger partial charge in [-0.25, -0.2) is 26.4 Å². The normalized spacial score (nSPS) is 21.5. The minimum Gasteiger partial charge on any atom is -0.338 e. The third-order valence-electron chi connectivity index (χ3n) is 6.46. The molecule has 1 saturated carbocycles. The van der Waals surface area contributed by atoms with Gasteiger partial charge in [-0.2, -0.15) is 4.31 Å². The summed E-state index contributed by atoms with van der Waals surface area (Å²) in [7, 11) is -4.45. The molecule has 33 heavy (non-hydrogen) atoms. The van der Waals surface area contributed by atoms with E-state index in [1.165, 1.54) is 4.90 Å². The van der Waals surface area contributed by atoms with E-state index in [0.29, 0.717) is 25.0 Å². The summed E-state index contributed by atoms with van der Waals surface area (Å²) in [5.41, 5.74) is -0.948. The van der Waals surface area contributed by atoms with Crippen LogP contribution in [0.15, 0.2) is 17.0 Å². The number of benzene rings is 1. The van der Waals surface area contributed by atoms with E-state index in [1.54, 1.807) is 0 Å². The molecule has 180 valence electrons. The molecule has 1 spiro atoms. The second kappa shape index (κ2) is 8.60. The molecular weight excluding hydrogens is 465 g/mol. The van der Waals surface area contributed by atoms with Crippen molar-refractivity contribution < 1.29 is 36.0 Å². The van der Waals surface area contributed by atoms with Crippen LogP contribution in [-0.2, 0) is 19.6 Å². The summed E-state index contributed by atoms with van der Waals surface area (Å²) < 4.78 is 66.9. The van der Waals surface area contributed by atoms with Gasteiger partial charge in [0.05, 0.1) is 0 Å². The van der Waals surface area contributed by atoms with Gasteiger partial charge >= 0.3 is 6.03 Å². The van der Waals surface area contributed by atoms with E-state index in [0.717, 1.165) is 28.5 Å². The number of urea groups is 1. The number of hydrogen-bond acceptors (Lipinski definition) is 5. The molecule has 3 fully saturated rings. The minimum absolute atomic E-state index is 0.0713. The summed E-state index contributed by atoms with van der Waals surface area (Å²) in [4.78, 5) is 39.1. The van der Waals surface area contributed by atoms with Crippen LogP contribution in [0.3, 0.4) is 0 Å². The average Bonchev–Trinajstić information content (AvgIpc) is 3.01. The van der Waals surface area contributed by atoms with E-state index in [9.17, 15) is 36.0 Å². The lowest BCUT2D eigenvalue weighted by molar-refractivity contribution is -0.140. The fraction of sp³-hybridized carbons (Fsp3) is 0.550. The zero-order chi connectivity index (χ0) is 24.0. The van der Waals surface area contributed by atoms with Crippen molar-refractivity contribution in [2.75, 3.05) is 32.7 Å². The number of carbonyl (C=O) groups excluding carboxylic acids is 3. The molecule has 1 N–H and O–H groups in total. The fourth-order valence-corrected chi connectivity index (χ4v) is 6.05. The summed E-state index contributed by atoms with van der Waals surface area (Å²) in [6.07, 6.45) is 3.65. The maximum atomic E-state index is 14.0. The van der Waals surface area contributed by atoms with E-state index in [-0.39, 0.29) is 26.2 Å². The van der Waals surface area contributed by atoms with Crippen LogP contribution >= 0.6 is 0 Å². The van der Waals surface area contributed by atoms with Crippen LogP contribution in [0.4, 0.5) is 18.0 Å². The van der Waals surface area contributed by atoms with Gasteiger partial charge in [-0.1, -0.05) is 19.3 Å². The van der Waals surface area contributed by atoms with Crippen molar-refractivity contribution in [2.24, 2.45) is 0 Å². The Morgan fingerprint density at radius 3 is 2.24 bits per heavy atom. The molecule has 4 rings (SSSR count). The molecule has 2 aliphatic heterocycles. The lowest BCUT2D eigenvalue weighted by atomic mass is 9.82. The van der Waals surface area contributed by atoms with Gasteiger partial charge in [0.1, 0.15) is 17.0 Å². The number of imide groups is 1. The largest absolute Gasteiger partial charge is 0.338 e. The number of nitrogens with one attached hydrogen (secondary N) is 1. The third kappa shape index (κ3) is 4.07. The van der Waals surface area contributed by atoms with E-state index in [4.69, 9.17) is 0 Å². The Bertz CT molecular complexity index is 1100. The van der Waals surface area contributed by atoms with Crippen molar-refractivity contribution in [1.29, 1.82) is 0 Å². The predicted octanol–water partition coefficient (Wildman–Crippen LogP) is 1.19. The highest BCUT2D eigenvalue weighted by Crippen LogP contribution is 2.33. The van der Waals surface area contributed by atoms with E-state index in [2.05, 4.69) is 5.32 Å². The van der Waals surface area contributed by atoms with Crippen LogP contribution in [0.5, 0.6) is 0 Å². The van der Waals surface area contributed by atoms with Crippen molar-refractivity contribution in [2.45, 2.75) is 42.5 Å². The van der Waals surface area contributed by atoms with Crippen molar-refractivity contribution in [1.82, 2.24) is 19.4 Å². The van der Waals surface area contributed by atoms with Gasteiger partial charge < -0.3 is 10.2 Å². The highest BCUT2D eigenvalue weighted by molar-refractivity contribution is 7.89. The Morgan fingerprint density at radius 1 is 0.970 bits per heavy atom. The van der Waals surface area contributed by atoms with Crippen molar-refractivity contribution in [3.8, 4) is 0 Å². The topological polar surface area (TPSA) is 107 Å². The Balaban J connectivity index is 1.39. The molecule has 0 bridgehead atoms. The first-order valence-electron chi connectivity index (χ1n) is 10.6.